The van der Waals surface area contributed by atoms with Crippen molar-refractivity contribution in [1.29, 1.82) is 0 Å². The fraction of sp³-hybridized carbons (Fsp3) is 0.667. The minimum absolute atomic E-state index is 0.0517. The SMILES string of the molecule is C=CCC(C)CCNC(C)=O. The third-order valence-corrected chi connectivity index (χ3v) is 1.58. The standard InChI is InChI=1S/C9H17NO/c1-4-5-8(2)6-7-10-9(3)11/h4,8H,1,5-7H2,2-3H3,(H,10,11). The zero-order valence-corrected chi connectivity index (χ0v) is 7.39. The second-order valence-electron chi connectivity index (χ2n) is 2.90. The third-order valence-electron chi connectivity index (χ3n) is 1.58. The van der Waals surface area contributed by atoms with E-state index in [1.807, 2.05) is 6.08 Å². The van der Waals surface area contributed by atoms with Crippen LogP contribution in [0, 0.1) is 5.92 Å². The van der Waals surface area contributed by atoms with Gasteiger partial charge < -0.3 is 5.32 Å². The molecule has 0 saturated carbocycles. The van der Waals surface area contributed by atoms with Gasteiger partial charge >= 0.3 is 0 Å². The summed E-state index contributed by atoms with van der Waals surface area (Å²) in [5, 5.41) is 2.76. The first kappa shape index (κ1) is 10.2. The molecule has 0 aromatic rings. The summed E-state index contributed by atoms with van der Waals surface area (Å²) in [5.41, 5.74) is 0. The molecule has 1 atom stereocenters. The van der Waals surface area contributed by atoms with Crippen molar-refractivity contribution >= 4 is 5.91 Å². The van der Waals surface area contributed by atoms with Gasteiger partial charge in [-0.3, -0.25) is 4.79 Å². The molecular weight excluding hydrogens is 138 g/mol. The number of rotatable bonds is 5. The number of allylic oxidation sites excluding steroid dienone is 1. The van der Waals surface area contributed by atoms with Crippen molar-refractivity contribution in [3.05, 3.63) is 12.7 Å². The number of amides is 1. The summed E-state index contributed by atoms with van der Waals surface area (Å²) in [4.78, 5) is 10.5. The molecule has 0 aromatic carbocycles. The van der Waals surface area contributed by atoms with Crippen LogP contribution in [0.4, 0.5) is 0 Å². The van der Waals surface area contributed by atoms with Gasteiger partial charge in [-0.1, -0.05) is 13.0 Å². The summed E-state index contributed by atoms with van der Waals surface area (Å²) in [5.74, 6) is 0.676. The second kappa shape index (κ2) is 5.96. The average Bonchev–Trinajstić information content (AvgIpc) is 1.87. The van der Waals surface area contributed by atoms with Gasteiger partial charge in [-0.15, -0.1) is 6.58 Å². The van der Waals surface area contributed by atoms with E-state index in [4.69, 9.17) is 0 Å². The van der Waals surface area contributed by atoms with E-state index in [-0.39, 0.29) is 5.91 Å². The van der Waals surface area contributed by atoms with Crippen molar-refractivity contribution < 1.29 is 4.79 Å². The first-order valence-corrected chi connectivity index (χ1v) is 4.02. The lowest BCUT2D eigenvalue weighted by Gasteiger charge is -2.07. The van der Waals surface area contributed by atoms with Gasteiger partial charge in [0.25, 0.3) is 0 Å². The second-order valence-corrected chi connectivity index (χ2v) is 2.90. The van der Waals surface area contributed by atoms with Crippen LogP contribution in [0.1, 0.15) is 26.7 Å². The summed E-state index contributed by atoms with van der Waals surface area (Å²) in [6.45, 7) is 8.13. The van der Waals surface area contributed by atoms with Crippen molar-refractivity contribution in [2.75, 3.05) is 6.54 Å². The highest BCUT2D eigenvalue weighted by Crippen LogP contribution is 2.05. The highest BCUT2D eigenvalue weighted by atomic mass is 16.1. The van der Waals surface area contributed by atoms with Crippen LogP contribution in [-0.2, 0) is 4.79 Å². The van der Waals surface area contributed by atoms with Gasteiger partial charge in [0.1, 0.15) is 0 Å². The first-order valence-electron chi connectivity index (χ1n) is 4.02. The number of carbonyl (C=O) groups is 1. The van der Waals surface area contributed by atoms with E-state index in [0.717, 1.165) is 19.4 Å². The molecule has 1 N–H and O–H groups in total. The fourth-order valence-corrected chi connectivity index (χ4v) is 0.897. The van der Waals surface area contributed by atoms with Gasteiger partial charge in [0.05, 0.1) is 0 Å². The maximum absolute atomic E-state index is 10.5. The van der Waals surface area contributed by atoms with E-state index in [2.05, 4.69) is 18.8 Å². The molecule has 0 rings (SSSR count). The van der Waals surface area contributed by atoms with Crippen molar-refractivity contribution in [2.24, 2.45) is 5.92 Å². The van der Waals surface area contributed by atoms with Crippen LogP contribution in [0.5, 0.6) is 0 Å². The Morgan fingerprint density at radius 1 is 1.73 bits per heavy atom. The minimum Gasteiger partial charge on any atom is -0.356 e. The van der Waals surface area contributed by atoms with Crippen LogP contribution in [0.25, 0.3) is 0 Å². The maximum atomic E-state index is 10.5. The molecule has 0 aliphatic rings. The molecule has 1 unspecified atom stereocenters. The molecule has 0 spiro atoms. The summed E-state index contributed by atoms with van der Waals surface area (Å²) >= 11 is 0. The van der Waals surface area contributed by atoms with Gasteiger partial charge in [0.15, 0.2) is 0 Å². The van der Waals surface area contributed by atoms with E-state index >= 15 is 0 Å². The molecular formula is C9H17NO. The lowest BCUT2D eigenvalue weighted by atomic mass is 10.0. The van der Waals surface area contributed by atoms with Crippen LogP contribution in [0.2, 0.25) is 0 Å². The average molecular weight is 155 g/mol. The third kappa shape index (κ3) is 7.10. The molecule has 0 aliphatic carbocycles. The number of nitrogens with one attached hydrogen (secondary N) is 1. The van der Waals surface area contributed by atoms with Gasteiger partial charge in [-0.25, -0.2) is 0 Å². The largest absolute Gasteiger partial charge is 0.356 e. The van der Waals surface area contributed by atoms with Crippen LogP contribution in [0.3, 0.4) is 0 Å². The van der Waals surface area contributed by atoms with Gasteiger partial charge in [0.2, 0.25) is 5.91 Å². The molecule has 1 amide bonds. The summed E-state index contributed by atoms with van der Waals surface area (Å²) in [6.07, 6.45) is 3.98. The highest BCUT2D eigenvalue weighted by molar-refractivity contribution is 5.72. The van der Waals surface area contributed by atoms with Crippen LogP contribution in [0.15, 0.2) is 12.7 Å². The Bertz CT molecular complexity index is 132. The summed E-state index contributed by atoms with van der Waals surface area (Å²) in [7, 11) is 0. The molecule has 0 heterocycles. The van der Waals surface area contributed by atoms with E-state index < -0.39 is 0 Å². The normalized spacial score (nSPS) is 12.2. The van der Waals surface area contributed by atoms with E-state index in [1.54, 1.807) is 0 Å². The number of hydrogen-bond acceptors (Lipinski definition) is 1. The highest BCUT2D eigenvalue weighted by Gasteiger charge is 1.98. The number of hydrogen-bond donors (Lipinski definition) is 1. The van der Waals surface area contributed by atoms with Crippen molar-refractivity contribution in [3.8, 4) is 0 Å². The monoisotopic (exact) mass is 155 g/mol. The lowest BCUT2D eigenvalue weighted by molar-refractivity contribution is -0.118. The predicted octanol–water partition coefficient (Wildman–Crippen LogP) is 1.72. The maximum Gasteiger partial charge on any atom is 0.216 e. The molecule has 0 radical (unpaired) electrons. The van der Waals surface area contributed by atoms with Gasteiger partial charge in [-0.05, 0) is 18.8 Å². The van der Waals surface area contributed by atoms with E-state index in [0.29, 0.717) is 5.92 Å². The topological polar surface area (TPSA) is 29.1 Å². The zero-order chi connectivity index (χ0) is 8.69. The summed E-state index contributed by atoms with van der Waals surface area (Å²) in [6, 6.07) is 0. The Morgan fingerprint density at radius 2 is 2.36 bits per heavy atom. The zero-order valence-electron chi connectivity index (χ0n) is 7.39. The van der Waals surface area contributed by atoms with Crippen molar-refractivity contribution in [2.45, 2.75) is 26.7 Å². The fourth-order valence-electron chi connectivity index (χ4n) is 0.897. The molecule has 0 aromatic heterocycles. The molecule has 2 nitrogen and oxygen atoms in total. The van der Waals surface area contributed by atoms with Gasteiger partial charge in [-0.2, -0.15) is 0 Å². The molecule has 0 saturated heterocycles. The van der Waals surface area contributed by atoms with Crippen LogP contribution < -0.4 is 5.32 Å². The lowest BCUT2D eigenvalue weighted by Crippen LogP contribution is -2.22. The smallest absolute Gasteiger partial charge is 0.216 e. The van der Waals surface area contributed by atoms with Crippen molar-refractivity contribution in [3.63, 3.8) is 0 Å². The molecule has 2 heteroatoms. The first-order chi connectivity index (χ1) is 5.16. The molecule has 64 valence electrons. The quantitative estimate of drug-likeness (QED) is 0.602. The predicted molar refractivity (Wildman–Crippen MR) is 47.3 cm³/mol. The van der Waals surface area contributed by atoms with Crippen LogP contribution in [-0.4, -0.2) is 12.5 Å². The molecule has 0 fully saturated rings. The van der Waals surface area contributed by atoms with E-state index in [1.165, 1.54) is 6.92 Å². The Morgan fingerprint density at radius 3 is 2.82 bits per heavy atom. The Balaban J connectivity index is 3.23. The number of carbonyl (C=O) groups excluding carboxylic acids is 1. The minimum atomic E-state index is 0.0517. The Hall–Kier alpha value is -0.790. The van der Waals surface area contributed by atoms with Crippen molar-refractivity contribution in [1.82, 2.24) is 5.32 Å². The molecule has 0 bridgehead atoms. The Kier molecular flexibility index (Phi) is 5.53. The van der Waals surface area contributed by atoms with Crippen LogP contribution >= 0.6 is 0 Å². The Labute approximate surface area is 68.7 Å². The molecule has 0 aliphatic heterocycles. The summed E-state index contributed by atoms with van der Waals surface area (Å²) < 4.78 is 0. The molecule has 11 heavy (non-hydrogen) atoms. The van der Waals surface area contributed by atoms with E-state index in [9.17, 15) is 4.79 Å². The van der Waals surface area contributed by atoms with Gasteiger partial charge in [0, 0.05) is 13.5 Å².